The first-order valence-corrected chi connectivity index (χ1v) is 7.58. The van der Waals surface area contributed by atoms with Crippen LogP contribution in [0.2, 0.25) is 0 Å². The van der Waals surface area contributed by atoms with Crippen LogP contribution >= 0.6 is 15.9 Å². The highest BCUT2D eigenvalue weighted by atomic mass is 79.9. The van der Waals surface area contributed by atoms with Crippen molar-refractivity contribution < 1.29 is 9.53 Å². The number of carbonyl (C=O) groups is 1. The van der Waals surface area contributed by atoms with E-state index in [0.717, 1.165) is 10.0 Å². The van der Waals surface area contributed by atoms with Gasteiger partial charge in [0, 0.05) is 16.7 Å². The van der Waals surface area contributed by atoms with Gasteiger partial charge in [0.2, 0.25) is 0 Å². The average molecular weight is 352 g/mol. The van der Waals surface area contributed by atoms with Gasteiger partial charge < -0.3 is 10.5 Å². The second-order valence-corrected chi connectivity index (χ2v) is 5.63. The predicted octanol–water partition coefficient (Wildman–Crippen LogP) is 2.39. The van der Waals surface area contributed by atoms with Gasteiger partial charge in [0.15, 0.2) is 0 Å². The summed E-state index contributed by atoms with van der Waals surface area (Å²) in [6.45, 7) is 2.58. The number of ether oxygens (including phenoxy) is 1. The molecule has 0 aliphatic carbocycles. The third-order valence-electron chi connectivity index (χ3n) is 3.00. The first-order valence-electron chi connectivity index (χ1n) is 6.79. The lowest BCUT2D eigenvalue weighted by Crippen LogP contribution is -2.30. The quantitative estimate of drug-likeness (QED) is 0.811. The number of carbonyl (C=O) groups excluding carboxylic acids is 1. The Bertz CT molecular complexity index is 612. The molecule has 1 atom stereocenters. The van der Waals surface area contributed by atoms with Gasteiger partial charge >= 0.3 is 5.97 Å². The van der Waals surface area contributed by atoms with Crippen LogP contribution in [-0.2, 0) is 17.7 Å². The summed E-state index contributed by atoms with van der Waals surface area (Å²) in [6, 6.07) is 9.53. The van der Waals surface area contributed by atoms with E-state index in [9.17, 15) is 4.79 Å². The molecule has 6 heteroatoms. The van der Waals surface area contributed by atoms with Gasteiger partial charge in [0.1, 0.15) is 5.69 Å². The smallest absolute Gasteiger partial charge is 0.356 e. The minimum atomic E-state index is -0.371. The average Bonchev–Trinajstić information content (AvgIpc) is 2.87. The van der Waals surface area contributed by atoms with Crippen LogP contribution in [-0.4, -0.2) is 28.4 Å². The summed E-state index contributed by atoms with van der Waals surface area (Å²) in [5.41, 5.74) is 7.73. The molecule has 0 aliphatic heterocycles. The molecule has 0 bridgehead atoms. The number of benzene rings is 1. The van der Waals surface area contributed by atoms with Crippen molar-refractivity contribution in [1.29, 1.82) is 0 Å². The summed E-state index contributed by atoms with van der Waals surface area (Å²) >= 11 is 3.44. The molecule has 1 aromatic heterocycles. The Morgan fingerprint density at radius 2 is 2.29 bits per heavy atom. The van der Waals surface area contributed by atoms with E-state index in [1.165, 1.54) is 0 Å². The fourth-order valence-electron chi connectivity index (χ4n) is 2.11. The van der Waals surface area contributed by atoms with Crippen LogP contribution in [0.5, 0.6) is 0 Å². The number of halogens is 1. The van der Waals surface area contributed by atoms with E-state index in [1.807, 2.05) is 24.3 Å². The fraction of sp³-hybridized carbons (Fsp3) is 0.333. The molecule has 0 unspecified atom stereocenters. The Balaban J connectivity index is 2.01. The summed E-state index contributed by atoms with van der Waals surface area (Å²) in [7, 11) is 0. The molecule has 5 nitrogen and oxygen atoms in total. The number of aromatic nitrogens is 2. The Kier molecular flexibility index (Phi) is 5.52. The van der Waals surface area contributed by atoms with Gasteiger partial charge in [-0.25, -0.2) is 4.79 Å². The number of nitrogens with two attached hydrogens (primary N) is 1. The van der Waals surface area contributed by atoms with Gasteiger partial charge in [0.25, 0.3) is 0 Å². The third-order valence-corrected chi connectivity index (χ3v) is 3.49. The van der Waals surface area contributed by atoms with Crippen molar-refractivity contribution in [3.63, 3.8) is 0 Å². The van der Waals surface area contributed by atoms with Crippen LogP contribution in [0.3, 0.4) is 0 Å². The van der Waals surface area contributed by atoms with E-state index in [4.69, 9.17) is 10.5 Å². The van der Waals surface area contributed by atoms with E-state index in [2.05, 4.69) is 21.0 Å². The lowest BCUT2D eigenvalue weighted by atomic mass is 10.1. The molecule has 0 fully saturated rings. The number of nitrogens with zero attached hydrogens (tertiary/aromatic N) is 2. The van der Waals surface area contributed by atoms with Crippen molar-refractivity contribution in [3.05, 3.63) is 52.3 Å². The Morgan fingerprint density at radius 1 is 1.48 bits per heavy atom. The number of hydrogen-bond donors (Lipinski definition) is 1. The standard InChI is InChI=1S/C15H18BrN3O2/c1-2-21-15(20)14-6-7-18-19(14)10-13(17)9-11-4-3-5-12(16)8-11/h3-8,13H,2,9-10,17H2,1H3/t13-/m1/s1. The van der Waals surface area contributed by atoms with Gasteiger partial charge in [0.05, 0.1) is 13.2 Å². The largest absolute Gasteiger partial charge is 0.461 e. The maximum absolute atomic E-state index is 11.8. The van der Waals surface area contributed by atoms with Gasteiger partial charge in [-0.2, -0.15) is 5.10 Å². The number of esters is 1. The molecule has 0 radical (unpaired) electrons. The molecule has 0 saturated heterocycles. The first-order chi connectivity index (χ1) is 10.1. The van der Waals surface area contributed by atoms with Crippen molar-refractivity contribution >= 4 is 21.9 Å². The lowest BCUT2D eigenvalue weighted by molar-refractivity contribution is 0.0511. The summed E-state index contributed by atoms with van der Waals surface area (Å²) in [6.07, 6.45) is 2.29. The van der Waals surface area contributed by atoms with E-state index in [0.29, 0.717) is 25.3 Å². The molecule has 2 N–H and O–H groups in total. The number of hydrogen-bond acceptors (Lipinski definition) is 4. The SMILES string of the molecule is CCOC(=O)c1ccnn1C[C@H](N)Cc1cccc(Br)c1. The van der Waals surface area contributed by atoms with Gasteiger partial charge in [-0.15, -0.1) is 0 Å². The van der Waals surface area contributed by atoms with Gasteiger partial charge in [-0.1, -0.05) is 28.1 Å². The second-order valence-electron chi connectivity index (χ2n) is 4.71. The third kappa shape index (κ3) is 4.41. The molecule has 2 rings (SSSR count). The van der Waals surface area contributed by atoms with E-state index >= 15 is 0 Å². The Labute approximate surface area is 132 Å². The van der Waals surface area contributed by atoms with Gasteiger partial charge in [-0.05, 0) is 37.1 Å². The topological polar surface area (TPSA) is 70.1 Å². The molecule has 1 aromatic carbocycles. The summed E-state index contributed by atoms with van der Waals surface area (Å²) in [5.74, 6) is -0.371. The van der Waals surface area contributed by atoms with E-state index in [1.54, 1.807) is 23.9 Å². The highest BCUT2D eigenvalue weighted by Gasteiger charge is 2.15. The molecule has 2 aromatic rings. The molecule has 0 saturated carbocycles. The van der Waals surface area contributed by atoms with Crippen molar-refractivity contribution in [2.24, 2.45) is 5.73 Å². The zero-order chi connectivity index (χ0) is 15.2. The highest BCUT2D eigenvalue weighted by Crippen LogP contribution is 2.13. The van der Waals surface area contributed by atoms with Crippen LogP contribution in [0.1, 0.15) is 23.0 Å². The molecule has 0 aliphatic rings. The molecule has 0 spiro atoms. The van der Waals surface area contributed by atoms with Crippen molar-refractivity contribution in [2.75, 3.05) is 6.61 Å². The van der Waals surface area contributed by atoms with Crippen LogP contribution in [0.25, 0.3) is 0 Å². The molecular formula is C15H18BrN3O2. The van der Waals surface area contributed by atoms with E-state index < -0.39 is 0 Å². The Morgan fingerprint density at radius 3 is 3.00 bits per heavy atom. The maximum Gasteiger partial charge on any atom is 0.356 e. The van der Waals surface area contributed by atoms with Crippen LogP contribution in [0.4, 0.5) is 0 Å². The van der Waals surface area contributed by atoms with Crippen molar-refractivity contribution in [3.8, 4) is 0 Å². The molecule has 112 valence electrons. The predicted molar refractivity (Wildman–Crippen MR) is 84.0 cm³/mol. The highest BCUT2D eigenvalue weighted by molar-refractivity contribution is 9.10. The minimum absolute atomic E-state index is 0.132. The molecule has 21 heavy (non-hydrogen) atoms. The number of rotatable bonds is 6. The minimum Gasteiger partial charge on any atom is -0.461 e. The zero-order valence-electron chi connectivity index (χ0n) is 11.8. The van der Waals surface area contributed by atoms with Crippen LogP contribution in [0.15, 0.2) is 41.0 Å². The second kappa shape index (κ2) is 7.38. The van der Waals surface area contributed by atoms with Crippen molar-refractivity contribution in [1.82, 2.24) is 9.78 Å². The zero-order valence-corrected chi connectivity index (χ0v) is 13.4. The summed E-state index contributed by atoms with van der Waals surface area (Å²) < 4.78 is 7.62. The fourth-order valence-corrected chi connectivity index (χ4v) is 2.56. The van der Waals surface area contributed by atoms with Gasteiger partial charge in [-0.3, -0.25) is 4.68 Å². The van der Waals surface area contributed by atoms with Crippen LogP contribution in [0, 0.1) is 0 Å². The maximum atomic E-state index is 11.8. The van der Waals surface area contributed by atoms with E-state index in [-0.39, 0.29) is 12.0 Å². The van der Waals surface area contributed by atoms with Crippen molar-refractivity contribution in [2.45, 2.75) is 25.9 Å². The first kappa shape index (κ1) is 15.7. The lowest BCUT2D eigenvalue weighted by Gasteiger charge is -2.14. The Hall–Kier alpha value is -1.66. The monoisotopic (exact) mass is 351 g/mol. The molecular weight excluding hydrogens is 334 g/mol. The summed E-state index contributed by atoms with van der Waals surface area (Å²) in [5, 5.41) is 4.15. The van der Waals surface area contributed by atoms with Crippen LogP contribution < -0.4 is 5.73 Å². The summed E-state index contributed by atoms with van der Waals surface area (Å²) in [4.78, 5) is 11.8. The molecule has 0 amide bonds. The molecule has 1 heterocycles. The normalized spacial score (nSPS) is 12.1.